The van der Waals surface area contributed by atoms with Gasteiger partial charge in [0.15, 0.2) is 5.75 Å². The molecule has 1 N–H and O–H groups in total. The minimum Gasteiger partial charge on any atom is -0.491 e. The van der Waals surface area contributed by atoms with Crippen molar-refractivity contribution in [3.63, 3.8) is 0 Å². The highest BCUT2D eigenvalue weighted by Gasteiger charge is 2.37. The number of hydrogen-bond donors (Lipinski definition) is 1. The number of nitrogens with one attached hydrogen (secondary N) is 1. The Hall–Kier alpha value is -7.27. The highest BCUT2D eigenvalue weighted by Crippen LogP contribution is 2.40. The van der Waals surface area contributed by atoms with Gasteiger partial charge in [0.25, 0.3) is 0 Å². The predicted molar refractivity (Wildman–Crippen MR) is 215 cm³/mol. The number of methoxy groups -OCH3 is 1. The first-order valence-electron chi connectivity index (χ1n) is 19.7. The van der Waals surface area contributed by atoms with Gasteiger partial charge in [-0.25, -0.2) is 44.3 Å². The van der Waals surface area contributed by atoms with Gasteiger partial charge in [0.2, 0.25) is 98.8 Å². The summed E-state index contributed by atoms with van der Waals surface area (Å²) in [4.78, 5) is 50.5. The fourth-order valence-corrected chi connectivity index (χ4v) is 6.56. The monoisotopic (exact) mass is 1020 g/mol. The van der Waals surface area contributed by atoms with Crippen molar-refractivity contribution < 1.29 is 104 Å². The van der Waals surface area contributed by atoms with Crippen molar-refractivity contribution in [3.8, 4) is 17.2 Å². The van der Waals surface area contributed by atoms with E-state index in [4.69, 9.17) is 4.74 Å². The summed E-state index contributed by atoms with van der Waals surface area (Å²) in [7, 11) is 0.804. The summed E-state index contributed by atoms with van der Waals surface area (Å²) in [5.41, 5.74) is 1.15. The number of hydrogen-bond acceptors (Lipinski definition) is 8. The first-order chi connectivity index (χ1) is 32.9. The van der Waals surface area contributed by atoms with E-state index in [-0.39, 0.29) is 6.61 Å². The van der Waals surface area contributed by atoms with Crippen LogP contribution in [-0.4, -0.2) is 43.6 Å². The van der Waals surface area contributed by atoms with Crippen LogP contribution in [0.4, 0.5) is 70.7 Å². The molecule has 3 aromatic carbocycles. The molecule has 70 heavy (non-hydrogen) atoms. The molecule has 378 valence electrons. The molecule has 1 aliphatic carbocycles. The molecule has 4 rings (SSSR count). The Morgan fingerprint density at radius 2 is 0.871 bits per heavy atom. The number of alkyl carbamates (subject to hydrolysis) is 1. The van der Waals surface area contributed by atoms with Gasteiger partial charge in [-0.1, -0.05) is 49.6 Å². The maximum atomic E-state index is 14.2. The smallest absolute Gasteiger partial charge is 0.407 e. The van der Waals surface area contributed by atoms with Crippen molar-refractivity contribution >= 4 is 24.3 Å². The van der Waals surface area contributed by atoms with Gasteiger partial charge >= 0.3 is 18.0 Å². The third kappa shape index (κ3) is 12.9. The van der Waals surface area contributed by atoms with E-state index in [1.54, 1.807) is 24.3 Å². The van der Waals surface area contributed by atoms with E-state index >= 15 is 0 Å². The number of halogens is 15. The molecule has 3 aromatic rings. The van der Waals surface area contributed by atoms with Crippen LogP contribution in [0.5, 0.6) is 17.2 Å². The lowest BCUT2D eigenvalue weighted by Gasteiger charge is -2.34. The number of carbonyl (C=O) groups is 4. The number of amides is 1. The molecule has 0 unspecified atom stereocenters. The molecule has 1 amide bonds. The molecule has 0 fully saturated rings. The van der Waals surface area contributed by atoms with Crippen LogP contribution in [0.25, 0.3) is 0 Å². The molecule has 0 radical (unpaired) electrons. The van der Waals surface area contributed by atoms with Gasteiger partial charge in [0, 0.05) is 30.7 Å². The van der Waals surface area contributed by atoms with Gasteiger partial charge in [-0.3, -0.25) is 9.59 Å². The standard InChI is InChI=1S/C39H33F10NO7.C7H3F5O/c1-5-7-10-21-19(3)20(4)22(11-8-6-2)23(21)18-55-38(54)50-39(14-9-17-51,15-12-24(52)56-36-32(46)28(42)26(40)29(43)33(36)47)16-13-25(53)57-37-34(48)30(44)27(41)31(45)35(37)49;1-13-7-5(11)3(9)2(8)4(10)6(7)12/h5-8,10-11,17,23H,1-2,9,12-16,18H2,3-4H3,(H,50,54);1H3/b10-7-,11-8-;. The summed E-state index contributed by atoms with van der Waals surface area (Å²) < 4.78 is 219. The minimum absolute atomic E-state index is 0.332. The van der Waals surface area contributed by atoms with Gasteiger partial charge < -0.3 is 29.1 Å². The molecule has 0 saturated heterocycles. The molecule has 0 heterocycles. The first kappa shape index (κ1) is 57.1. The number of ether oxygens (including phenoxy) is 4. The van der Waals surface area contributed by atoms with Gasteiger partial charge in [-0.05, 0) is 55.4 Å². The normalized spacial score (nSPS) is 12.9. The summed E-state index contributed by atoms with van der Waals surface area (Å²) in [6.07, 6.45) is 4.40. The number of carbonyl (C=O) groups excluding carboxylic acids is 4. The second kappa shape index (κ2) is 24.8. The lowest BCUT2D eigenvalue weighted by atomic mass is 9.84. The molecule has 0 saturated carbocycles. The van der Waals surface area contributed by atoms with Crippen molar-refractivity contribution in [3.05, 3.63) is 159 Å². The summed E-state index contributed by atoms with van der Waals surface area (Å²) in [6, 6.07) is 0. The molecule has 0 spiro atoms. The average Bonchev–Trinajstić information content (AvgIpc) is 3.57. The van der Waals surface area contributed by atoms with Gasteiger partial charge in [-0.2, -0.15) is 26.3 Å². The Morgan fingerprint density at radius 1 is 0.543 bits per heavy atom. The van der Waals surface area contributed by atoms with Crippen molar-refractivity contribution in [2.24, 2.45) is 5.92 Å². The van der Waals surface area contributed by atoms with E-state index in [9.17, 15) is 85.0 Å². The summed E-state index contributed by atoms with van der Waals surface area (Å²) in [6.45, 7) is 10.6. The molecule has 0 bridgehead atoms. The fourth-order valence-electron chi connectivity index (χ4n) is 6.56. The lowest BCUT2D eigenvalue weighted by Crippen LogP contribution is -2.50. The van der Waals surface area contributed by atoms with Gasteiger partial charge in [-0.15, -0.1) is 0 Å². The maximum Gasteiger partial charge on any atom is 0.407 e. The Kier molecular flexibility index (Phi) is 20.2. The fraction of sp³-hybridized carbons (Fsp3) is 0.261. The molecule has 0 atom stereocenters. The molecule has 24 heteroatoms. The largest absolute Gasteiger partial charge is 0.491 e. The van der Waals surface area contributed by atoms with E-state index < -0.39 is 173 Å². The number of aldehydes is 1. The van der Waals surface area contributed by atoms with Crippen molar-refractivity contribution in [2.75, 3.05) is 13.7 Å². The highest BCUT2D eigenvalue weighted by atomic mass is 19.2. The van der Waals surface area contributed by atoms with Crippen LogP contribution in [0.2, 0.25) is 0 Å². The van der Waals surface area contributed by atoms with E-state index in [1.165, 1.54) is 12.2 Å². The first-order valence-corrected chi connectivity index (χ1v) is 19.7. The number of allylic oxidation sites excluding steroid dienone is 8. The minimum atomic E-state index is -2.54. The Labute approximate surface area is 387 Å². The van der Waals surface area contributed by atoms with Crippen molar-refractivity contribution in [2.45, 2.75) is 57.9 Å². The third-order valence-electron chi connectivity index (χ3n) is 10.3. The molecule has 1 aliphatic rings. The van der Waals surface area contributed by atoms with Crippen LogP contribution >= 0.6 is 0 Å². The number of rotatable bonds is 19. The van der Waals surface area contributed by atoms with Crippen LogP contribution < -0.4 is 19.5 Å². The molecular weight excluding hydrogens is 979 g/mol. The summed E-state index contributed by atoms with van der Waals surface area (Å²) in [5.74, 6) is -44.0. The van der Waals surface area contributed by atoms with Crippen LogP contribution in [0.15, 0.2) is 71.9 Å². The molecular formula is C46H36F15NO8. The van der Waals surface area contributed by atoms with E-state index in [0.717, 1.165) is 29.4 Å². The Balaban J connectivity index is 0.000000858. The summed E-state index contributed by atoms with van der Waals surface area (Å²) in [5, 5.41) is 2.39. The SMILES string of the molecule is C=C/C=C\C1=C(C)C(C)=C(/C=C\C=C)C1COC(=O)NC(CCC=O)(CCC(=O)Oc1c(F)c(F)c(F)c(F)c1F)CCC(=O)Oc1c(F)c(F)c(F)c(F)c1F.COc1c(F)c(F)c(F)c(F)c1F. The maximum absolute atomic E-state index is 14.2. The van der Waals surface area contributed by atoms with E-state index in [2.05, 4.69) is 32.7 Å². The molecule has 0 aromatic heterocycles. The quantitative estimate of drug-likeness (QED) is 0.0240. The predicted octanol–water partition coefficient (Wildman–Crippen LogP) is 11.7. The lowest BCUT2D eigenvalue weighted by molar-refractivity contribution is -0.135. The van der Waals surface area contributed by atoms with Crippen LogP contribution in [0.3, 0.4) is 0 Å². The third-order valence-corrected chi connectivity index (χ3v) is 10.3. The number of benzene rings is 3. The zero-order valence-corrected chi connectivity index (χ0v) is 36.4. The van der Waals surface area contributed by atoms with Crippen LogP contribution in [0.1, 0.15) is 52.4 Å². The Morgan fingerprint density at radius 3 is 1.19 bits per heavy atom. The second-order valence-corrected chi connectivity index (χ2v) is 14.5. The summed E-state index contributed by atoms with van der Waals surface area (Å²) >= 11 is 0. The van der Waals surface area contributed by atoms with Crippen LogP contribution in [-0.2, 0) is 19.1 Å². The zero-order chi connectivity index (χ0) is 52.9. The van der Waals surface area contributed by atoms with Gasteiger partial charge in [0.1, 0.15) is 12.9 Å². The molecule has 9 nitrogen and oxygen atoms in total. The van der Waals surface area contributed by atoms with Crippen molar-refractivity contribution in [1.29, 1.82) is 0 Å². The Bertz CT molecular complexity index is 2480. The van der Waals surface area contributed by atoms with E-state index in [1.807, 2.05) is 13.8 Å². The van der Waals surface area contributed by atoms with E-state index in [0.29, 0.717) is 6.29 Å². The molecule has 0 aliphatic heterocycles. The van der Waals surface area contributed by atoms with Gasteiger partial charge in [0.05, 0.1) is 7.11 Å². The highest BCUT2D eigenvalue weighted by molar-refractivity contribution is 5.75. The topological polar surface area (TPSA) is 117 Å². The van der Waals surface area contributed by atoms with Crippen LogP contribution in [0, 0.1) is 93.2 Å². The van der Waals surface area contributed by atoms with Crippen molar-refractivity contribution in [1.82, 2.24) is 5.32 Å². The average molecular weight is 1020 g/mol. The second-order valence-electron chi connectivity index (χ2n) is 14.5. The number of esters is 2. The zero-order valence-electron chi connectivity index (χ0n) is 36.4.